The van der Waals surface area contributed by atoms with Gasteiger partial charge in [0.05, 0.1) is 5.25 Å². The molecule has 0 aliphatic carbocycles. The third-order valence-corrected chi connectivity index (χ3v) is 4.77. The summed E-state index contributed by atoms with van der Waals surface area (Å²) in [5.41, 5.74) is 0.962. The number of amides is 2. The van der Waals surface area contributed by atoms with Gasteiger partial charge in [0.2, 0.25) is 11.8 Å². The van der Waals surface area contributed by atoms with Crippen LogP contribution in [-0.2, 0) is 14.3 Å². The molecular formula is C13H15NO2S. The van der Waals surface area contributed by atoms with Gasteiger partial charge in [0.25, 0.3) is 0 Å². The van der Waals surface area contributed by atoms with Crippen LogP contribution in [0.5, 0.6) is 0 Å². The highest BCUT2D eigenvalue weighted by Crippen LogP contribution is 2.44. The summed E-state index contributed by atoms with van der Waals surface area (Å²) in [5.74, 6) is -0.390. The van der Waals surface area contributed by atoms with Gasteiger partial charge in [-0.2, -0.15) is 0 Å². The molecular weight excluding hydrogens is 234 g/mol. The van der Waals surface area contributed by atoms with Gasteiger partial charge in [-0.15, -0.1) is 11.8 Å². The number of carbonyl (C=O) groups is 2. The fourth-order valence-corrected chi connectivity index (χ4v) is 3.44. The van der Waals surface area contributed by atoms with Crippen LogP contribution in [0.4, 0.5) is 0 Å². The van der Waals surface area contributed by atoms with Crippen molar-refractivity contribution in [1.29, 1.82) is 0 Å². The van der Waals surface area contributed by atoms with Gasteiger partial charge in [-0.25, -0.2) is 0 Å². The molecule has 2 atom stereocenters. The largest absolute Gasteiger partial charge is 0.294 e. The second-order valence-corrected chi connectivity index (χ2v) is 5.76. The second-order valence-electron chi connectivity index (χ2n) is 4.13. The molecule has 1 aromatic carbocycles. The molecule has 1 aliphatic heterocycles. The Morgan fingerprint density at radius 2 is 1.94 bits per heavy atom. The van der Waals surface area contributed by atoms with Gasteiger partial charge in [0, 0.05) is 0 Å². The molecule has 1 aromatic rings. The molecule has 90 valence electrons. The van der Waals surface area contributed by atoms with E-state index in [1.807, 2.05) is 44.2 Å². The quantitative estimate of drug-likeness (QED) is 0.816. The lowest BCUT2D eigenvalue weighted by Gasteiger charge is -2.37. The maximum Gasteiger partial charge on any atom is 0.247 e. The van der Waals surface area contributed by atoms with Crippen LogP contribution < -0.4 is 5.32 Å². The summed E-state index contributed by atoms with van der Waals surface area (Å²) < 4.78 is -0.630. The van der Waals surface area contributed by atoms with Gasteiger partial charge >= 0.3 is 0 Å². The maximum absolute atomic E-state index is 12.2. The molecule has 1 fully saturated rings. The molecule has 1 heterocycles. The number of thioether (sulfide) groups is 1. The highest BCUT2D eigenvalue weighted by atomic mass is 32.2. The van der Waals surface area contributed by atoms with E-state index in [0.29, 0.717) is 6.42 Å². The first-order valence-electron chi connectivity index (χ1n) is 5.69. The first kappa shape index (κ1) is 12.2. The number of rotatable bonds is 2. The summed E-state index contributed by atoms with van der Waals surface area (Å²) in [6.07, 6.45) is 0.672. The standard InChI is InChI=1S/C13H15NO2S/c1-3-13(10-7-5-4-6-8-10)12(16)14-11(15)9(2)17-13/h4-9H,3H2,1-2H3,(H,14,15,16)/t9-,13-/m0/s1. The lowest BCUT2D eigenvalue weighted by Crippen LogP contribution is -2.53. The minimum absolute atomic E-state index is 0.194. The Kier molecular flexibility index (Phi) is 3.24. The minimum atomic E-state index is -0.630. The normalized spacial score (nSPS) is 28.9. The molecule has 2 amide bonds. The van der Waals surface area contributed by atoms with Crippen LogP contribution in [0.3, 0.4) is 0 Å². The van der Waals surface area contributed by atoms with E-state index in [-0.39, 0.29) is 17.1 Å². The van der Waals surface area contributed by atoms with Crippen molar-refractivity contribution in [3.05, 3.63) is 35.9 Å². The minimum Gasteiger partial charge on any atom is -0.294 e. The molecule has 1 saturated heterocycles. The first-order valence-corrected chi connectivity index (χ1v) is 6.57. The Morgan fingerprint density at radius 3 is 2.53 bits per heavy atom. The average molecular weight is 249 g/mol. The van der Waals surface area contributed by atoms with E-state index < -0.39 is 4.75 Å². The monoisotopic (exact) mass is 249 g/mol. The summed E-state index contributed by atoms with van der Waals surface area (Å²) in [7, 11) is 0. The van der Waals surface area contributed by atoms with E-state index in [2.05, 4.69) is 5.32 Å². The van der Waals surface area contributed by atoms with E-state index in [0.717, 1.165) is 5.56 Å². The topological polar surface area (TPSA) is 46.2 Å². The summed E-state index contributed by atoms with van der Waals surface area (Å²) in [5, 5.41) is 2.27. The molecule has 3 nitrogen and oxygen atoms in total. The van der Waals surface area contributed by atoms with E-state index in [4.69, 9.17) is 0 Å². The van der Waals surface area contributed by atoms with E-state index in [9.17, 15) is 9.59 Å². The zero-order valence-corrected chi connectivity index (χ0v) is 10.7. The molecule has 0 spiro atoms. The van der Waals surface area contributed by atoms with Crippen LogP contribution in [0.2, 0.25) is 0 Å². The molecule has 0 unspecified atom stereocenters. The van der Waals surface area contributed by atoms with Gasteiger partial charge in [-0.3, -0.25) is 14.9 Å². The summed E-state index contributed by atoms with van der Waals surface area (Å²) in [6, 6.07) is 9.65. The fraction of sp³-hybridized carbons (Fsp3) is 0.385. The van der Waals surface area contributed by atoms with E-state index >= 15 is 0 Å². The lowest BCUT2D eigenvalue weighted by molar-refractivity contribution is -0.132. The number of nitrogens with one attached hydrogen (secondary N) is 1. The molecule has 0 bridgehead atoms. The molecule has 17 heavy (non-hydrogen) atoms. The third kappa shape index (κ3) is 1.97. The Balaban J connectivity index is 2.44. The second kappa shape index (κ2) is 4.53. The maximum atomic E-state index is 12.2. The summed E-state index contributed by atoms with van der Waals surface area (Å²) in [6.45, 7) is 3.81. The summed E-state index contributed by atoms with van der Waals surface area (Å²) in [4.78, 5) is 23.6. The zero-order valence-electron chi connectivity index (χ0n) is 9.90. The van der Waals surface area contributed by atoms with Crippen molar-refractivity contribution >= 4 is 23.6 Å². The lowest BCUT2D eigenvalue weighted by atomic mass is 9.94. The van der Waals surface area contributed by atoms with E-state index in [1.54, 1.807) is 0 Å². The first-order chi connectivity index (χ1) is 8.10. The predicted molar refractivity (Wildman–Crippen MR) is 68.6 cm³/mol. The van der Waals surface area contributed by atoms with Crippen LogP contribution in [0.15, 0.2) is 30.3 Å². The van der Waals surface area contributed by atoms with Crippen LogP contribution >= 0.6 is 11.8 Å². The van der Waals surface area contributed by atoms with Crippen molar-refractivity contribution in [3.8, 4) is 0 Å². The van der Waals surface area contributed by atoms with Crippen molar-refractivity contribution in [1.82, 2.24) is 5.32 Å². The fourth-order valence-electron chi connectivity index (χ4n) is 2.08. The van der Waals surface area contributed by atoms with Gasteiger partial charge < -0.3 is 0 Å². The van der Waals surface area contributed by atoms with Gasteiger partial charge in [-0.05, 0) is 18.9 Å². The number of hydrogen-bond donors (Lipinski definition) is 1. The molecule has 1 aliphatic rings. The molecule has 0 saturated carbocycles. The molecule has 0 aromatic heterocycles. The van der Waals surface area contributed by atoms with Gasteiger partial charge in [0.15, 0.2) is 0 Å². The molecule has 1 N–H and O–H groups in total. The van der Waals surface area contributed by atoms with Crippen LogP contribution in [0, 0.1) is 0 Å². The predicted octanol–water partition coefficient (Wildman–Crippen LogP) is 2.07. The number of hydrogen-bond acceptors (Lipinski definition) is 3. The number of imide groups is 1. The molecule has 4 heteroatoms. The van der Waals surface area contributed by atoms with Crippen molar-refractivity contribution < 1.29 is 9.59 Å². The molecule has 0 radical (unpaired) electrons. The Hall–Kier alpha value is -1.29. The Labute approximate surface area is 105 Å². The van der Waals surface area contributed by atoms with Crippen molar-refractivity contribution in [2.45, 2.75) is 30.3 Å². The number of benzene rings is 1. The highest BCUT2D eigenvalue weighted by Gasteiger charge is 2.46. The van der Waals surface area contributed by atoms with Gasteiger partial charge in [0.1, 0.15) is 4.75 Å². The van der Waals surface area contributed by atoms with Crippen molar-refractivity contribution in [2.75, 3.05) is 0 Å². The third-order valence-electron chi connectivity index (χ3n) is 3.09. The SMILES string of the molecule is CC[C@@]1(c2ccccc2)S[C@@H](C)C(=O)NC1=O. The Morgan fingerprint density at radius 1 is 1.29 bits per heavy atom. The van der Waals surface area contributed by atoms with Crippen molar-refractivity contribution in [3.63, 3.8) is 0 Å². The highest BCUT2D eigenvalue weighted by molar-refractivity contribution is 8.02. The van der Waals surface area contributed by atoms with Crippen molar-refractivity contribution in [2.24, 2.45) is 0 Å². The van der Waals surface area contributed by atoms with Crippen LogP contribution in [0.25, 0.3) is 0 Å². The molecule has 2 rings (SSSR count). The van der Waals surface area contributed by atoms with Gasteiger partial charge in [-0.1, -0.05) is 37.3 Å². The Bertz CT molecular complexity index is 446. The summed E-state index contributed by atoms with van der Waals surface area (Å²) >= 11 is 1.44. The van der Waals surface area contributed by atoms with Crippen LogP contribution in [-0.4, -0.2) is 17.1 Å². The smallest absolute Gasteiger partial charge is 0.247 e. The van der Waals surface area contributed by atoms with E-state index in [1.165, 1.54) is 11.8 Å². The van der Waals surface area contributed by atoms with Crippen LogP contribution in [0.1, 0.15) is 25.8 Å². The average Bonchev–Trinajstić information content (AvgIpc) is 2.35. The number of carbonyl (C=O) groups excluding carboxylic acids is 2. The zero-order chi connectivity index (χ0) is 12.5.